The fourth-order valence-corrected chi connectivity index (χ4v) is 2.71. The summed E-state index contributed by atoms with van der Waals surface area (Å²) < 4.78 is 18.8. The largest absolute Gasteiger partial charge is 0.380 e. The van der Waals surface area contributed by atoms with Gasteiger partial charge < -0.3 is 4.74 Å². The molecule has 0 bridgehead atoms. The van der Waals surface area contributed by atoms with Gasteiger partial charge in [0.25, 0.3) is 0 Å². The van der Waals surface area contributed by atoms with Crippen LogP contribution in [0.15, 0.2) is 12.1 Å². The third-order valence-corrected chi connectivity index (χ3v) is 3.46. The number of hydrogen-bond acceptors (Lipinski definition) is 2. The average Bonchev–Trinajstić information content (AvgIpc) is 2.84. The number of ether oxygens (including phenoxy) is 1. The topological polar surface area (TPSA) is 33.0 Å². The molecule has 1 aliphatic carbocycles. The number of nitriles is 1. The summed E-state index contributed by atoms with van der Waals surface area (Å²) in [6.07, 6.45) is 4.43. The molecule has 1 fully saturated rings. The molecular weight excluding hydrogens is 217 g/mol. The molecule has 0 amide bonds. The van der Waals surface area contributed by atoms with E-state index in [1.54, 1.807) is 13.2 Å². The summed E-state index contributed by atoms with van der Waals surface area (Å²) in [4.78, 5) is 0. The average molecular weight is 233 g/mol. The van der Waals surface area contributed by atoms with Crippen LogP contribution in [-0.4, -0.2) is 7.11 Å². The second-order valence-corrected chi connectivity index (χ2v) is 4.52. The fourth-order valence-electron chi connectivity index (χ4n) is 2.71. The zero-order chi connectivity index (χ0) is 12.3. The molecule has 0 aliphatic heterocycles. The van der Waals surface area contributed by atoms with Crippen LogP contribution < -0.4 is 0 Å². The maximum Gasteiger partial charge on any atom is 0.141 e. The first-order chi connectivity index (χ1) is 8.27. The van der Waals surface area contributed by atoms with Gasteiger partial charge in [0.15, 0.2) is 0 Å². The van der Waals surface area contributed by atoms with Crippen LogP contribution in [-0.2, 0) is 11.3 Å². The molecule has 17 heavy (non-hydrogen) atoms. The number of rotatable bonds is 3. The number of methoxy groups -OCH3 is 1. The lowest BCUT2D eigenvalue weighted by molar-refractivity contribution is 0.183. The Labute approximate surface area is 101 Å². The molecule has 0 N–H and O–H groups in total. The summed E-state index contributed by atoms with van der Waals surface area (Å²) >= 11 is 0. The molecule has 0 unspecified atom stereocenters. The van der Waals surface area contributed by atoms with Crippen LogP contribution in [0.2, 0.25) is 0 Å². The molecule has 0 radical (unpaired) electrons. The van der Waals surface area contributed by atoms with Crippen molar-refractivity contribution in [3.63, 3.8) is 0 Å². The molecule has 0 spiro atoms. The van der Waals surface area contributed by atoms with Crippen molar-refractivity contribution in [2.75, 3.05) is 7.11 Å². The molecule has 0 saturated heterocycles. The molecule has 0 heterocycles. The van der Waals surface area contributed by atoms with Crippen LogP contribution in [0.1, 0.15) is 48.3 Å². The predicted octanol–water partition coefficient (Wildman–Crippen LogP) is 3.50. The van der Waals surface area contributed by atoms with Crippen molar-refractivity contribution in [2.45, 2.75) is 38.2 Å². The van der Waals surface area contributed by atoms with E-state index in [1.165, 1.54) is 18.9 Å². The Morgan fingerprint density at radius 3 is 2.71 bits per heavy atom. The minimum atomic E-state index is -0.408. The van der Waals surface area contributed by atoms with E-state index in [0.717, 1.165) is 24.0 Å². The van der Waals surface area contributed by atoms with E-state index in [4.69, 9.17) is 10.00 Å². The van der Waals surface area contributed by atoms with E-state index in [1.807, 2.05) is 6.07 Å². The highest BCUT2D eigenvalue weighted by Gasteiger charge is 2.24. The van der Waals surface area contributed by atoms with Gasteiger partial charge in [-0.15, -0.1) is 0 Å². The Morgan fingerprint density at radius 1 is 1.41 bits per heavy atom. The second kappa shape index (κ2) is 5.29. The predicted molar refractivity (Wildman–Crippen MR) is 63.0 cm³/mol. The van der Waals surface area contributed by atoms with Crippen LogP contribution in [0, 0.1) is 17.1 Å². The number of nitrogens with zero attached hydrogens (tertiary/aromatic N) is 1. The molecule has 1 aliphatic rings. The van der Waals surface area contributed by atoms with Crippen molar-refractivity contribution in [3.05, 3.63) is 34.6 Å². The minimum Gasteiger partial charge on any atom is -0.380 e. The van der Waals surface area contributed by atoms with Crippen molar-refractivity contribution in [1.82, 2.24) is 0 Å². The van der Waals surface area contributed by atoms with Gasteiger partial charge in [-0.1, -0.05) is 18.9 Å². The first-order valence-electron chi connectivity index (χ1n) is 5.98. The Hall–Kier alpha value is -1.40. The van der Waals surface area contributed by atoms with Gasteiger partial charge in [-0.3, -0.25) is 0 Å². The van der Waals surface area contributed by atoms with Gasteiger partial charge in [0.05, 0.1) is 12.2 Å². The maximum absolute atomic E-state index is 13.7. The highest BCUT2D eigenvalue weighted by Crippen LogP contribution is 2.38. The van der Waals surface area contributed by atoms with E-state index in [2.05, 4.69) is 0 Å². The SMILES string of the molecule is COCc1ccc(F)c(C#N)c1C1CCCC1. The molecule has 2 nitrogen and oxygen atoms in total. The van der Waals surface area contributed by atoms with E-state index in [0.29, 0.717) is 12.5 Å². The molecule has 3 heteroatoms. The fraction of sp³-hybridized carbons (Fsp3) is 0.500. The standard InChI is InChI=1S/C14H16FNO/c1-17-9-11-6-7-13(15)12(8-16)14(11)10-4-2-3-5-10/h6-7,10H,2-5,9H2,1H3. The smallest absolute Gasteiger partial charge is 0.141 e. The summed E-state index contributed by atoms with van der Waals surface area (Å²) in [7, 11) is 1.62. The molecule has 0 aromatic heterocycles. The number of benzene rings is 1. The monoisotopic (exact) mass is 233 g/mol. The third-order valence-electron chi connectivity index (χ3n) is 3.46. The molecule has 1 saturated carbocycles. The van der Waals surface area contributed by atoms with Crippen LogP contribution in [0.3, 0.4) is 0 Å². The van der Waals surface area contributed by atoms with E-state index >= 15 is 0 Å². The molecule has 90 valence electrons. The molecule has 1 aromatic carbocycles. The highest BCUT2D eigenvalue weighted by atomic mass is 19.1. The van der Waals surface area contributed by atoms with E-state index < -0.39 is 5.82 Å². The normalized spacial score (nSPS) is 16.1. The van der Waals surface area contributed by atoms with Crippen molar-refractivity contribution < 1.29 is 9.13 Å². The van der Waals surface area contributed by atoms with Gasteiger partial charge in [0.2, 0.25) is 0 Å². The van der Waals surface area contributed by atoms with Crippen LogP contribution >= 0.6 is 0 Å². The summed E-state index contributed by atoms with van der Waals surface area (Å²) in [5, 5.41) is 9.12. The molecule has 2 rings (SSSR count). The first-order valence-corrected chi connectivity index (χ1v) is 5.98. The van der Waals surface area contributed by atoms with Gasteiger partial charge in [0, 0.05) is 7.11 Å². The Bertz CT molecular complexity index is 444. The Morgan fingerprint density at radius 2 is 2.12 bits per heavy atom. The third kappa shape index (κ3) is 2.32. The van der Waals surface area contributed by atoms with Crippen LogP contribution in [0.4, 0.5) is 4.39 Å². The Balaban J connectivity index is 2.50. The van der Waals surface area contributed by atoms with Gasteiger partial charge >= 0.3 is 0 Å². The highest BCUT2D eigenvalue weighted by molar-refractivity contribution is 5.46. The van der Waals surface area contributed by atoms with Crippen molar-refractivity contribution in [2.24, 2.45) is 0 Å². The van der Waals surface area contributed by atoms with E-state index in [-0.39, 0.29) is 5.56 Å². The number of hydrogen-bond donors (Lipinski definition) is 0. The maximum atomic E-state index is 13.7. The summed E-state index contributed by atoms with van der Waals surface area (Å²) in [5.41, 5.74) is 2.05. The van der Waals surface area contributed by atoms with Crippen LogP contribution in [0.5, 0.6) is 0 Å². The van der Waals surface area contributed by atoms with Gasteiger partial charge in [-0.05, 0) is 36.0 Å². The summed E-state index contributed by atoms with van der Waals surface area (Å²) in [5.74, 6) is -0.0836. The van der Waals surface area contributed by atoms with Gasteiger partial charge in [-0.2, -0.15) is 5.26 Å². The van der Waals surface area contributed by atoms with Gasteiger partial charge in [0.1, 0.15) is 11.9 Å². The van der Waals surface area contributed by atoms with Gasteiger partial charge in [-0.25, -0.2) is 4.39 Å². The van der Waals surface area contributed by atoms with Crippen molar-refractivity contribution in [1.29, 1.82) is 5.26 Å². The second-order valence-electron chi connectivity index (χ2n) is 4.52. The minimum absolute atomic E-state index is 0.214. The molecule has 0 atom stereocenters. The van der Waals surface area contributed by atoms with Crippen LogP contribution in [0.25, 0.3) is 0 Å². The summed E-state index contributed by atoms with van der Waals surface area (Å²) in [6, 6.07) is 5.12. The quantitative estimate of drug-likeness (QED) is 0.800. The van der Waals surface area contributed by atoms with E-state index in [9.17, 15) is 4.39 Å². The summed E-state index contributed by atoms with van der Waals surface area (Å²) in [6.45, 7) is 0.445. The Kier molecular flexibility index (Phi) is 3.75. The lowest BCUT2D eigenvalue weighted by Gasteiger charge is -2.17. The van der Waals surface area contributed by atoms with Crippen molar-refractivity contribution in [3.8, 4) is 6.07 Å². The molecule has 1 aromatic rings. The zero-order valence-electron chi connectivity index (χ0n) is 10.0. The van der Waals surface area contributed by atoms with Crippen molar-refractivity contribution >= 4 is 0 Å². The first kappa shape index (κ1) is 12.1. The number of halogens is 1. The lowest BCUT2D eigenvalue weighted by Crippen LogP contribution is -2.05. The molecular formula is C14H16FNO. The lowest BCUT2D eigenvalue weighted by atomic mass is 9.89. The zero-order valence-corrected chi connectivity index (χ0v) is 10.0.